The van der Waals surface area contributed by atoms with Crippen LogP contribution in [0.15, 0.2) is 41.2 Å². The minimum absolute atomic E-state index is 0.187. The van der Waals surface area contributed by atoms with Gasteiger partial charge in [0.1, 0.15) is 18.5 Å². The Hall–Kier alpha value is -3.43. The van der Waals surface area contributed by atoms with Gasteiger partial charge in [0.25, 0.3) is 11.5 Å². The summed E-state index contributed by atoms with van der Waals surface area (Å²) in [5.41, 5.74) is 1.52. The number of aliphatic hydroxyl groups is 1. The molecule has 3 aromatic rings. The Morgan fingerprint density at radius 3 is 2.74 bits per heavy atom. The SMILES string of the molecule is CCc1cccc2c(=O)n(CC)nc(-c3ccc(F)c(C(=O)N4CCNCC4C(=O)CO)c3)c12. The summed E-state index contributed by atoms with van der Waals surface area (Å²) >= 11 is 0. The third kappa shape index (κ3) is 4.12. The van der Waals surface area contributed by atoms with E-state index in [0.29, 0.717) is 41.5 Å². The predicted molar refractivity (Wildman–Crippen MR) is 126 cm³/mol. The van der Waals surface area contributed by atoms with Crippen molar-refractivity contribution in [3.8, 4) is 11.3 Å². The zero-order chi connectivity index (χ0) is 24.4. The molecule has 1 aliphatic heterocycles. The molecule has 1 fully saturated rings. The van der Waals surface area contributed by atoms with Gasteiger partial charge in [0.2, 0.25) is 0 Å². The van der Waals surface area contributed by atoms with Gasteiger partial charge in [-0.2, -0.15) is 5.10 Å². The Balaban J connectivity index is 1.88. The number of amides is 1. The molecule has 9 heteroatoms. The Morgan fingerprint density at radius 1 is 1.24 bits per heavy atom. The Labute approximate surface area is 196 Å². The van der Waals surface area contributed by atoms with E-state index in [2.05, 4.69) is 10.4 Å². The number of Topliss-reactive ketones (excluding diaryl/α,β-unsaturated/α-hetero) is 1. The van der Waals surface area contributed by atoms with Crippen molar-refractivity contribution in [2.45, 2.75) is 32.9 Å². The molecular formula is C25H27FN4O4. The second kappa shape index (κ2) is 9.82. The number of fused-ring (bicyclic) bond motifs is 1. The molecule has 0 saturated carbocycles. The van der Waals surface area contributed by atoms with E-state index in [1.54, 1.807) is 12.1 Å². The van der Waals surface area contributed by atoms with Crippen LogP contribution in [0.3, 0.4) is 0 Å². The molecule has 2 heterocycles. The lowest BCUT2D eigenvalue weighted by Gasteiger charge is -2.35. The number of carbonyl (C=O) groups is 2. The van der Waals surface area contributed by atoms with Crippen LogP contribution in [0.1, 0.15) is 29.8 Å². The fraction of sp³-hybridized carbons (Fsp3) is 0.360. The van der Waals surface area contributed by atoms with Crippen molar-refractivity contribution in [2.24, 2.45) is 0 Å². The third-order valence-electron chi connectivity index (χ3n) is 6.26. The van der Waals surface area contributed by atoms with Crippen molar-refractivity contribution in [1.82, 2.24) is 20.0 Å². The predicted octanol–water partition coefficient (Wildman–Crippen LogP) is 1.76. The summed E-state index contributed by atoms with van der Waals surface area (Å²) in [6.07, 6.45) is 0.667. The Bertz CT molecular complexity index is 1320. The van der Waals surface area contributed by atoms with Crippen LogP contribution in [0.5, 0.6) is 0 Å². The standard InChI is InChI=1S/C25H27FN4O4/c1-3-15-6-5-7-17-22(15)23(28-30(4-2)25(17)34)16-8-9-19(26)18(12-16)24(33)29-11-10-27-13-20(29)21(32)14-31/h5-9,12,20,27,31H,3-4,10-11,13-14H2,1-2H3. The summed E-state index contributed by atoms with van der Waals surface area (Å²) in [6.45, 7) is 4.31. The largest absolute Gasteiger partial charge is 0.388 e. The average Bonchev–Trinajstić information content (AvgIpc) is 2.88. The van der Waals surface area contributed by atoms with Crippen LogP contribution in [0.25, 0.3) is 22.0 Å². The van der Waals surface area contributed by atoms with Gasteiger partial charge >= 0.3 is 0 Å². The second-order valence-electron chi connectivity index (χ2n) is 8.20. The zero-order valence-corrected chi connectivity index (χ0v) is 19.2. The average molecular weight is 467 g/mol. The highest BCUT2D eigenvalue weighted by atomic mass is 19.1. The van der Waals surface area contributed by atoms with Crippen LogP contribution in [0, 0.1) is 5.82 Å². The molecule has 1 unspecified atom stereocenters. The molecule has 0 spiro atoms. The highest BCUT2D eigenvalue weighted by molar-refractivity contribution is 6.01. The number of hydrogen-bond donors (Lipinski definition) is 2. The van der Waals surface area contributed by atoms with Gasteiger partial charge in [-0.05, 0) is 43.2 Å². The number of aromatic nitrogens is 2. The van der Waals surface area contributed by atoms with Crippen LogP contribution >= 0.6 is 0 Å². The van der Waals surface area contributed by atoms with Crippen molar-refractivity contribution in [1.29, 1.82) is 0 Å². The molecule has 1 amide bonds. The normalized spacial score (nSPS) is 16.1. The first-order valence-corrected chi connectivity index (χ1v) is 11.4. The van der Waals surface area contributed by atoms with Gasteiger partial charge in [0.15, 0.2) is 5.78 Å². The molecule has 1 saturated heterocycles. The van der Waals surface area contributed by atoms with E-state index in [-0.39, 0.29) is 24.2 Å². The number of aliphatic hydroxyl groups excluding tert-OH is 1. The fourth-order valence-corrected chi connectivity index (χ4v) is 4.46. The van der Waals surface area contributed by atoms with Crippen LogP contribution in [0.2, 0.25) is 0 Å². The number of piperazine rings is 1. The molecule has 2 aromatic carbocycles. The first-order chi connectivity index (χ1) is 16.4. The van der Waals surface area contributed by atoms with Gasteiger partial charge in [0.05, 0.1) is 16.6 Å². The number of ketones is 1. The smallest absolute Gasteiger partial charge is 0.274 e. The topological polar surface area (TPSA) is 105 Å². The minimum Gasteiger partial charge on any atom is -0.388 e. The maximum Gasteiger partial charge on any atom is 0.274 e. The summed E-state index contributed by atoms with van der Waals surface area (Å²) < 4.78 is 16.3. The number of rotatable bonds is 6. The van der Waals surface area contributed by atoms with Gasteiger partial charge in [-0.15, -0.1) is 0 Å². The van der Waals surface area contributed by atoms with E-state index in [9.17, 15) is 23.9 Å². The molecular weight excluding hydrogens is 439 g/mol. The van der Waals surface area contributed by atoms with E-state index in [4.69, 9.17) is 0 Å². The lowest BCUT2D eigenvalue weighted by atomic mass is 9.97. The molecule has 34 heavy (non-hydrogen) atoms. The number of carbonyl (C=O) groups excluding carboxylic acids is 2. The Morgan fingerprint density at radius 2 is 2.03 bits per heavy atom. The number of halogens is 1. The maximum atomic E-state index is 14.9. The van der Waals surface area contributed by atoms with E-state index >= 15 is 0 Å². The van der Waals surface area contributed by atoms with E-state index in [1.807, 2.05) is 26.0 Å². The number of nitrogens with one attached hydrogen (secondary N) is 1. The van der Waals surface area contributed by atoms with Crippen molar-refractivity contribution in [3.05, 3.63) is 63.7 Å². The molecule has 2 N–H and O–H groups in total. The van der Waals surface area contributed by atoms with Crippen LogP contribution in [-0.2, 0) is 17.8 Å². The number of aryl methyl sites for hydroxylation is 2. The van der Waals surface area contributed by atoms with Crippen LogP contribution in [0.4, 0.5) is 4.39 Å². The minimum atomic E-state index is -0.873. The molecule has 178 valence electrons. The van der Waals surface area contributed by atoms with Gasteiger partial charge in [-0.1, -0.05) is 19.1 Å². The summed E-state index contributed by atoms with van der Waals surface area (Å²) in [4.78, 5) is 39.7. The molecule has 0 bridgehead atoms. The Kier molecular flexibility index (Phi) is 6.85. The third-order valence-corrected chi connectivity index (χ3v) is 6.26. The first kappa shape index (κ1) is 23.7. The first-order valence-electron chi connectivity index (χ1n) is 11.4. The maximum absolute atomic E-state index is 14.9. The number of nitrogens with zero attached hydrogens (tertiary/aromatic N) is 3. The molecule has 0 radical (unpaired) electrons. The lowest BCUT2D eigenvalue weighted by Crippen LogP contribution is -2.57. The fourth-order valence-electron chi connectivity index (χ4n) is 4.46. The zero-order valence-electron chi connectivity index (χ0n) is 19.2. The van der Waals surface area contributed by atoms with Crippen molar-refractivity contribution < 1.29 is 19.1 Å². The molecule has 8 nitrogen and oxygen atoms in total. The van der Waals surface area contributed by atoms with E-state index in [0.717, 1.165) is 5.56 Å². The van der Waals surface area contributed by atoms with E-state index in [1.165, 1.54) is 21.7 Å². The van der Waals surface area contributed by atoms with Crippen LogP contribution < -0.4 is 10.9 Å². The van der Waals surface area contributed by atoms with Gasteiger partial charge in [-0.25, -0.2) is 9.07 Å². The molecule has 1 atom stereocenters. The van der Waals surface area contributed by atoms with Crippen LogP contribution in [-0.4, -0.2) is 63.8 Å². The molecule has 4 rings (SSSR count). The summed E-state index contributed by atoms with van der Waals surface area (Å²) in [5, 5.41) is 18.1. The highest BCUT2D eigenvalue weighted by Gasteiger charge is 2.33. The van der Waals surface area contributed by atoms with Crippen molar-refractivity contribution in [2.75, 3.05) is 26.2 Å². The van der Waals surface area contributed by atoms with Crippen molar-refractivity contribution in [3.63, 3.8) is 0 Å². The lowest BCUT2D eigenvalue weighted by molar-refractivity contribution is -0.126. The van der Waals surface area contributed by atoms with Gasteiger partial charge in [0, 0.05) is 37.1 Å². The second-order valence-corrected chi connectivity index (χ2v) is 8.20. The molecule has 1 aliphatic rings. The highest BCUT2D eigenvalue weighted by Crippen LogP contribution is 2.30. The monoisotopic (exact) mass is 466 g/mol. The summed E-state index contributed by atoms with van der Waals surface area (Å²) in [6, 6.07) is 8.80. The quantitative estimate of drug-likeness (QED) is 0.574. The van der Waals surface area contributed by atoms with Gasteiger partial charge < -0.3 is 15.3 Å². The molecule has 1 aromatic heterocycles. The molecule has 0 aliphatic carbocycles. The summed E-state index contributed by atoms with van der Waals surface area (Å²) in [7, 11) is 0. The van der Waals surface area contributed by atoms with Gasteiger partial charge in [-0.3, -0.25) is 14.4 Å². The summed E-state index contributed by atoms with van der Waals surface area (Å²) in [5.74, 6) is -1.85. The number of benzene rings is 2. The van der Waals surface area contributed by atoms with Crippen molar-refractivity contribution >= 4 is 22.5 Å². The number of hydrogen-bond acceptors (Lipinski definition) is 6. The van der Waals surface area contributed by atoms with E-state index < -0.39 is 30.2 Å².